The summed E-state index contributed by atoms with van der Waals surface area (Å²) < 4.78 is 5.12. The van der Waals surface area contributed by atoms with E-state index in [1.54, 1.807) is 55.6 Å². The van der Waals surface area contributed by atoms with Gasteiger partial charge in [0.25, 0.3) is 5.56 Å². The van der Waals surface area contributed by atoms with Crippen molar-refractivity contribution < 1.29 is 14.3 Å². The van der Waals surface area contributed by atoms with E-state index in [4.69, 9.17) is 4.74 Å². The molecule has 3 rings (SSSR count). The largest absolute Gasteiger partial charge is 0.497 e. The highest BCUT2D eigenvalue weighted by atomic mass is 32.2. The lowest BCUT2D eigenvalue weighted by Gasteiger charge is -2.08. The Bertz CT molecular complexity index is 1210. The van der Waals surface area contributed by atoms with E-state index in [-0.39, 0.29) is 33.9 Å². The fourth-order valence-electron chi connectivity index (χ4n) is 2.70. The van der Waals surface area contributed by atoms with Crippen molar-refractivity contribution in [3.63, 3.8) is 0 Å². The summed E-state index contributed by atoms with van der Waals surface area (Å²) in [5, 5.41) is 12.3. The van der Waals surface area contributed by atoms with E-state index in [0.717, 1.165) is 11.8 Å². The normalized spacial score (nSPS) is 10.2. The predicted molar refractivity (Wildman–Crippen MR) is 117 cm³/mol. The van der Waals surface area contributed by atoms with Gasteiger partial charge in [0.15, 0.2) is 10.9 Å². The number of methoxy groups -OCH3 is 1. The van der Waals surface area contributed by atoms with Crippen molar-refractivity contribution in [3.8, 4) is 23.1 Å². The molecule has 0 saturated heterocycles. The summed E-state index contributed by atoms with van der Waals surface area (Å²) in [6.07, 6.45) is 0. The fourth-order valence-corrected chi connectivity index (χ4v) is 3.36. The quantitative estimate of drug-likeness (QED) is 0.332. The Morgan fingerprint density at radius 3 is 2.42 bits per heavy atom. The number of carbonyl (C=O) groups is 2. The van der Waals surface area contributed by atoms with E-state index in [9.17, 15) is 19.6 Å². The van der Waals surface area contributed by atoms with Crippen molar-refractivity contribution in [3.05, 3.63) is 70.0 Å². The highest BCUT2D eigenvalue weighted by Gasteiger charge is 2.15. The van der Waals surface area contributed by atoms with Gasteiger partial charge in [-0.25, -0.2) is 4.98 Å². The number of ketones is 1. The minimum absolute atomic E-state index is 0.00858. The zero-order chi connectivity index (χ0) is 22.4. The van der Waals surface area contributed by atoms with Crippen LogP contribution in [-0.4, -0.2) is 34.5 Å². The Balaban J connectivity index is 1.74. The summed E-state index contributed by atoms with van der Waals surface area (Å²) in [5.74, 6) is 0.260. The van der Waals surface area contributed by atoms with Crippen molar-refractivity contribution in [2.75, 3.05) is 18.2 Å². The Kier molecular flexibility index (Phi) is 6.85. The van der Waals surface area contributed by atoms with E-state index in [2.05, 4.69) is 15.3 Å². The Morgan fingerprint density at radius 1 is 1.16 bits per heavy atom. The summed E-state index contributed by atoms with van der Waals surface area (Å²) >= 11 is 1.04. The lowest BCUT2D eigenvalue weighted by atomic mass is 10.1. The maximum atomic E-state index is 12.3. The number of Topliss-reactive ketones (excluding diaryl/α,β-unsaturated/α-hetero) is 1. The van der Waals surface area contributed by atoms with Crippen molar-refractivity contribution >= 4 is 29.1 Å². The number of aromatic amines is 1. The lowest BCUT2D eigenvalue weighted by Crippen LogP contribution is -2.17. The van der Waals surface area contributed by atoms with E-state index >= 15 is 0 Å². The van der Waals surface area contributed by atoms with Gasteiger partial charge in [0, 0.05) is 16.8 Å². The number of anilines is 1. The van der Waals surface area contributed by atoms with Crippen LogP contribution in [0.5, 0.6) is 5.75 Å². The minimum atomic E-state index is -0.578. The summed E-state index contributed by atoms with van der Waals surface area (Å²) in [6, 6.07) is 15.2. The second kappa shape index (κ2) is 9.73. The predicted octanol–water partition coefficient (Wildman–Crippen LogP) is 3.25. The van der Waals surface area contributed by atoms with Crippen molar-refractivity contribution in [1.82, 2.24) is 9.97 Å². The van der Waals surface area contributed by atoms with Gasteiger partial charge in [-0.05, 0) is 55.5 Å². The number of nitrogens with zero attached hydrogens (tertiary/aromatic N) is 2. The van der Waals surface area contributed by atoms with Crippen LogP contribution in [0, 0.1) is 11.3 Å². The molecule has 0 bridgehead atoms. The third kappa shape index (κ3) is 5.38. The third-order valence-corrected chi connectivity index (χ3v) is 5.16. The molecule has 0 radical (unpaired) electrons. The standard InChI is InChI=1S/C22H18N4O4S/c1-13(27)14-3-7-16(8-4-14)24-19(28)12-31-22-25-20(18(11-23)21(29)26-22)15-5-9-17(30-2)10-6-15/h3-10H,12H2,1-2H3,(H,24,28)(H,25,26,29). The topological polar surface area (TPSA) is 125 Å². The molecule has 1 heterocycles. The molecule has 156 valence electrons. The number of rotatable bonds is 7. The first-order valence-corrected chi connectivity index (χ1v) is 10.1. The fraction of sp³-hybridized carbons (Fsp3) is 0.136. The number of nitriles is 1. The average Bonchev–Trinajstić information content (AvgIpc) is 2.77. The molecule has 0 fully saturated rings. The first-order chi connectivity index (χ1) is 14.9. The molecule has 1 amide bonds. The molecule has 0 aliphatic rings. The van der Waals surface area contributed by atoms with E-state index < -0.39 is 5.56 Å². The first-order valence-electron chi connectivity index (χ1n) is 9.13. The molecule has 0 saturated carbocycles. The minimum Gasteiger partial charge on any atom is -0.497 e. The maximum absolute atomic E-state index is 12.3. The summed E-state index contributed by atoms with van der Waals surface area (Å²) in [5.41, 5.74) is 1.24. The molecule has 0 unspecified atom stereocenters. The number of hydrogen-bond donors (Lipinski definition) is 2. The first kappa shape index (κ1) is 21.8. The maximum Gasteiger partial charge on any atom is 0.270 e. The van der Waals surface area contributed by atoms with Gasteiger partial charge in [0.05, 0.1) is 18.6 Å². The molecular weight excluding hydrogens is 416 g/mol. The molecule has 0 aliphatic heterocycles. The van der Waals surface area contributed by atoms with Gasteiger partial charge in [-0.1, -0.05) is 11.8 Å². The van der Waals surface area contributed by atoms with Gasteiger partial charge < -0.3 is 15.0 Å². The van der Waals surface area contributed by atoms with Gasteiger partial charge in [-0.3, -0.25) is 14.4 Å². The molecule has 0 spiro atoms. The molecule has 3 aromatic rings. The Morgan fingerprint density at radius 2 is 1.84 bits per heavy atom. The van der Waals surface area contributed by atoms with Crippen LogP contribution in [-0.2, 0) is 4.79 Å². The number of nitrogens with one attached hydrogen (secondary N) is 2. The highest BCUT2D eigenvalue weighted by Crippen LogP contribution is 2.24. The Hall–Kier alpha value is -3.90. The average molecular weight is 434 g/mol. The number of hydrogen-bond acceptors (Lipinski definition) is 7. The van der Waals surface area contributed by atoms with Crippen molar-refractivity contribution in [2.45, 2.75) is 12.1 Å². The number of thioether (sulfide) groups is 1. The van der Waals surface area contributed by atoms with Gasteiger partial charge >= 0.3 is 0 Å². The molecule has 9 heteroatoms. The number of amides is 1. The number of carbonyl (C=O) groups excluding carboxylic acids is 2. The SMILES string of the molecule is COc1ccc(-c2nc(SCC(=O)Nc3ccc(C(C)=O)cc3)[nH]c(=O)c2C#N)cc1. The van der Waals surface area contributed by atoms with Crippen LogP contribution >= 0.6 is 11.8 Å². The summed E-state index contributed by atoms with van der Waals surface area (Å²) in [6.45, 7) is 1.47. The molecule has 0 atom stereocenters. The van der Waals surface area contributed by atoms with Crippen molar-refractivity contribution in [2.24, 2.45) is 0 Å². The molecule has 2 aromatic carbocycles. The van der Waals surface area contributed by atoms with E-state index in [1.165, 1.54) is 6.92 Å². The van der Waals surface area contributed by atoms with Crippen LogP contribution in [0.2, 0.25) is 0 Å². The van der Waals surface area contributed by atoms with Crippen LogP contribution < -0.4 is 15.6 Å². The van der Waals surface area contributed by atoms with Crippen LogP contribution in [0.3, 0.4) is 0 Å². The molecule has 2 N–H and O–H groups in total. The second-order valence-electron chi connectivity index (χ2n) is 6.41. The van der Waals surface area contributed by atoms with Crippen LogP contribution in [0.15, 0.2) is 58.5 Å². The smallest absolute Gasteiger partial charge is 0.270 e. The number of ether oxygens (including phenoxy) is 1. The number of benzene rings is 2. The van der Waals surface area contributed by atoms with Crippen molar-refractivity contribution in [1.29, 1.82) is 5.26 Å². The zero-order valence-electron chi connectivity index (χ0n) is 16.8. The zero-order valence-corrected chi connectivity index (χ0v) is 17.6. The van der Waals surface area contributed by atoms with E-state index in [1.807, 2.05) is 6.07 Å². The highest BCUT2D eigenvalue weighted by molar-refractivity contribution is 7.99. The number of H-pyrrole nitrogens is 1. The van der Waals surface area contributed by atoms with E-state index in [0.29, 0.717) is 22.6 Å². The van der Waals surface area contributed by atoms with Gasteiger partial charge in [0.1, 0.15) is 17.4 Å². The monoisotopic (exact) mass is 434 g/mol. The number of aromatic nitrogens is 2. The van der Waals surface area contributed by atoms with Crippen LogP contribution in [0.1, 0.15) is 22.8 Å². The third-order valence-electron chi connectivity index (χ3n) is 4.29. The molecular formula is C22H18N4O4S. The van der Waals surface area contributed by atoms with Gasteiger partial charge in [-0.15, -0.1) is 0 Å². The summed E-state index contributed by atoms with van der Waals surface area (Å²) in [7, 11) is 1.54. The van der Waals surface area contributed by atoms with Crippen LogP contribution in [0.4, 0.5) is 5.69 Å². The van der Waals surface area contributed by atoms with Gasteiger partial charge in [0.2, 0.25) is 5.91 Å². The van der Waals surface area contributed by atoms with Gasteiger partial charge in [-0.2, -0.15) is 5.26 Å². The molecule has 1 aromatic heterocycles. The summed E-state index contributed by atoms with van der Waals surface area (Å²) in [4.78, 5) is 42.8. The second-order valence-corrected chi connectivity index (χ2v) is 7.37. The lowest BCUT2D eigenvalue weighted by molar-refractivity contribution is -0.113. The molecule has 0 aliphatic carbocycles. The molecule has 8 nitrogen and oxygen atoms in total. The Labute approximate surface area is 182 Å². The van der Waals surface area contributed by atoms with Crippen LogP contribution in [0.25, 0.3) is 11.3 Å². The molecule has 31 heavy (non-hydrogen) atoms.